The van der Waals surface area contributed by atoms with Crippen LogP contribution in [-0.2, 0) is 28.7 Å². The quantitative estimate of drug-likeness (QED) is 0.117. The average Bonchev–Trinajstić information content (AvgIpc) is 1.43. The van der Waals surface area contributed by atoms with E-state index in [0.717, 1.165) is 35.8 Å². The summed E-state index contributed by atoms with van der Waals surface area (Å²) < 4.78 is 5.49. The summed E-state index contributed by atoms with van der Waals surface area (Å²) in [5, 5.41) is 147. The molecular weight excluding hydrogens is 1580 g/mol. The number of piperidine rings is 3. The first-order valence-electron chi connectivity index (χ1n) is 42.7. The molecule has 716 valence electrons. The molecule has 7 saturated heterocycles. The highest BCUT2D eigenvalue weighted by Crippen LogP contribution is 2.48. The molecule has 0 radical (unpaired) electrons. The SMILES string of the molecule is CC1(C)C=C(C(=O)O)C(C)(C)N1O.CC1(C)C=C(C(N)=O)C(C)(C)N1O.CC1(C)CC(C(=O)O)C(C)(C)N1O.CC1(C)CC(C(=O)O)CC(C)(C)N1O.CC1(C)CC(C(N)=O)C(C)(C)N1O.CC1(C)CC(N)C(C)(C)N1O.CC1(C)CC(O)CC(C)(C)N1O.CC1(C)CCCC(C)(C)N1O.CC1(C)N=C(N)C(C)(C)N1O.CCC1(C)OCC(C)(C)N1O. The van der Waals surface area contributed by atoms with Crippen molar-refractivity contribution in [3.05, 3.63) is 23.3 Å². The van der Waals surface area contributed by atoms with Crippen LogP contribution in [0, 0.1) is 17.8 Å². The number of carboxylic acids is 3. The van der Waals surface area contributed by atoms with Crippen LogP contribution in [0.1, 0.15) is 348 Å². The zero-order valence-electron chi connectivity index (χ0n) is 82.5. The molecule has 0 aliphatic carbocycles. The lowest BCUT2D eigenvalue weighted by Gasteiger charge is -2.50. The highest BCUT2D eigenvalue weighted by Gasteiger charge is 2.58. The second-order valence-electron chi connectivity index (χ2n) is 46.2. The summed E-state index contributed by atoms with van der Waals surface area (Å²) in [6.45, 7) is 76.0. The van der Waals surface area contributed by atoms with Crippen LogP contribution in [0.15, 0.2) is 28.3 Å². The molecule has 10 aliphatic rings. The lowest BCUT2D eigenvalue weighted by atomic mass is 9.75. The van der Waals surface area contributed by atoms with E-state index in [0.29, 0.717) is 56.5 Å². The molecule has 0 aromatic carbocycles. The number of carbonyl (C=O) groups excluding carboxylic acids is 2. The Bertz CT molecular complexity index is 3500. The van der Waals surface area contributed by atoms with Gasteiger partial charge in [0, 0.05) is 61.5 Å². The predicted octanol–water partition coefficient (Wildman–Crippen LogP) is 12.7. The Labute approximate surface area is 730 Å². The molecule has 35 nitrogen and oxygen atoms in total. The largest absolute Gasteiger partial charge is 0.481 e. The van der Waals surface area contributed by atoms with Crippen molar-refractivity contribution < 1.29 is 101 Å². The number of aliphatic carboxylic acids is 3. The molecule has 10 rings (SSSR count). The van der Waals surface area contributed by atoms with Crippen molar-refractivity contribution >= 4 is 35.6 Å². The third-order valence-electron chi connectivity index (χ3n) is 26.5. The van der Waals surface area contributed by atoms with Gasteiger partial charge in [-0.2, -0.15) is 50.6 Å². The summed E-state index contributed by atoms with van der Waals surface area (Å²) in [7, 11) is 0. The number of aliphatic hydroxyl groups excluding tert-OH is 1. The fraction of sp³-hybridized carbons (Fsp3) is 0.885. The topological polar surface area (TPSA) is 527 Å². The maximum atomic E-state index is 11.1. The van der Waals surface area contributed by atoms with Crippen molar-refractivity contribution in [3.8, 4) is 0 Å². The van der Waals surface area contributed by atoms with Gasteiger partial charge in [0.15, 0.2) is 0 Å². The highest BCUT2D eigenvalue weighted by atomic mass is 16.6. The minimum Gasteiger partial charge on any atom is -0.481 e. The molecule has 0 saturated carbocycles. The fourth-order valence-corrected chi connectivity index (χ4v) is 19.0. The number of amidine groups is 1. The number of aliphatic imine (C=N–C) groups is 1. The van der Waals surface area contributed by atoms with Crippen LogP contribution >= 0.6 is 0 Å². The van der Waals surface area contributed by atoms with Crippen molar-refractivity contribution in [2.24, 2.45) is 45.7 Å². The van der Waals surface area contributed by atoms with Gasteiger partial charge in [0.1, 0.15) is 17.2 Å². The number of primary amides is 2. The minimum absolute atomic E-state index is 0.0399. The van der Waals surface area contributed by atoms with Gasteiger partial charge in [-0.05, 0) is 341 Å². The number of nitrogens with zero attached hydrogens (tertiary/aromatic N) is 11. The van der Waals surface area contributed by atoms with Crippen molar-refractivity contribution in [1.82, 2.24) is 50.6 Å². The maximum Gasteiger partial charge on any atom is 0.333 e. The molecule has 35 heteroatoms. The Morgan fingerprint density at radius 1 is 0.393 bits per heavy atom. The van der Waals surface area contributed by atoms with Gasteiger partial charge in [-0.15, -0.1) is 0 Å². The van der Waals surface area contributed by atoms with Crippen LogP contribution in [0.4, 0.5) is 0 Å². The summed E-state index contributed by atoms with van der Waals surface area (Å²) in [5.74, 6) is -4.07. The van der Waals surface area contributed by atoms with Crippen LogP contribution in [0.3, 0.4) is 0 Å². The first-order chi connectivity index (χ1) is 53.5. The number of amides is 2. The minimum atomic E-state index is -0.977. The number of carbonyl (C=O) groups is 5. The van der Waals surface area contributed by atoms with E-state index in [1.807, 2.05) is 194 Å². The molecule has 4 unspecified atom stereocenters. The molecule has 0 bridgehead atoms. The Morgan fingerprint density at radius 3 is 0.877 bits per heavy atom. The number of hydroxylamine groups is 20. The molecule has 7 fully saturated rings. The summed E-state index contributed by atoms with van der Waals surface area (Å²) in [4.78, 5) is 59.0. The average molecular weight is 1750 g/mol. The number of carboxylic acid groups (broad SMARTS) is 3. The van der Waals surface area contributed by atoms with Gasteiger partial charge in [-0.1, -0.05) is 19.1 Å². The molecule has 0 aromatic heterocycles. The number of rotatable bonds is 6. The van der Waals surface area contributed by atoms with Crippen LogP contribution in [0.2, 0.25) is 0 Å². The molecule has 0 aromatic rings. The normalized spacial score (nSPS) is 30.4. The zero-order valence-corrected chi connectivity index (χ0v) is 82.5. The molecule has 10 aliphatic heterocycles. The highest BCUT2D eigenvalue weighted by molar-refractivity contribution is 5.95. The summed E-state index contributed by atoms with van der Waals surface area (Å²) >= 11 is 0. The molecule has 22 N–H and O–H groups in total. The monoisotopic (exact) mass is 1750 g/mol. The number of ether oxygens (including phenoxy) is 1. The van der Waals surface area contributed by atoms with Gasteiger partial charge in [0.2, 0.25) is 11.8 Å². The van der Waals surface area contributed by atoms with Gasteiger partial charge < -0.3 is 100 Å². The molecule has 0 spiro atoms. The Balaban J connectivity index is 0.000000678. The van der Waals surface area contributed by atoms with Gasteiger partial charge in [-0.25, -0.2) is 9.79 Å². The summed E-state index contributed by atoms with van der Waals surface area (Å²) in [6.07, 6.45) is 11.4. The second-order valence-corrected chi connectivity index (χ2v) is 46.2. The molecule has 4 atom stereocenters. The van der Waals surface area contributed by atoms with E-state index in [1.165, 1.54) is 46.9 Å². The first kappa shape index (κ1) is 115. The number of nitrogens with two attached hydrogens (primary N) is 4. The molecule has 122 heavy (non-hydrogen) atoms. The standard InChI is InChI=1S/C10H19NO3.C9H18N2O2.C9H16N2O2.C9H17NO3.C9H15NO3.C9H19NO2.C9H19NO.C8H18N2O.C8H17NO2.C7H15N3O/c1-9(2)5-7(8(12)13)6-10(3,4)11(9)14;2*1-8(2)5-6(7(10)12)9(3,4)11(8)13;2*1-8(2)5-6(7(11)12)9(3,4)10(8)13;1-8(2)5-7(11)6-9(3,4)10(8)12;1-8(2)6-5-7-9(3,4)10(8)11;1-7(2)5-6(9)8(3,4)10(7)11;1-5-8(4)9(10)7(2,3)6-11-8;1-6(2)5(8)9-7(3,4)10(6)11/h7,14H,5-6H2,1-4H3,(H,12,13);6,13H,5H2,1-4H3,(H2,10,12);5,13H,1-4H3,(H2,10,12);6,13H,5H2,1-4H3,(H,11,12);5,13H,1-4H3,(H,11,12);7,11-12H,5-6H2,1-4H3;11H,5-7H2,1-4H3;6,11H,5,9H2,1-4H3;10H,5-6H2,1-4H3;11H,1-4H3,(H2,8,9). The van der Waals surface area contributed by atoms with E-state index in [1.54, 1.807) is 67.5 Å². The number of hydrogen-bond donors (Lipinski definition) is 18. The van der Waals surface area contributed by atoms with Gasteiger partial charge in [0.05, 0.1) is 85.9 Å². The third-order valence-corrected chi connectivity index (χ3v) is 26.5. The van der Waals surface area contributed by atoms with E-state index < -0.39 is 96.5 Å². The van der Waals surface area contributed by atoms with Crippen molar-refractivity contribution in [2.45, 2.75) is 471 Å². The second kappa shape index (κ2) is 38.6. The molecule has 2 amide bonds. The molecule has 10 heterocycles. The van der Waals surface area contributed by atoms with E-state index in [2.05, 4.69) is 32.7 Å². The Hall–Kier alpha value is -4.62. The van der Waals surface area contributed by atoms with Crippen LogP contribution < -0.4 is 22.9 Å². The predicted molar refractivity (Wildman–Crippen MR) is 468 cm³/mol. The maximum absolute atomic E-state index is 11.1. The van der Waals surface area contributed by atoms with Crippen molar-refractivity contribution in [3.63, 3.8) is 0 Å². The van der Waals surface area contributed by atoms with E-state index in [4.69, 9.17) is 43.0 Å². The van der Waals surface area contributed by atoms with Crippen LogP contribution in [-0.4, -0.2) is 289 Å². The summed E-state index contributed by atoms with van der Waals surface area (Å²) in [6, 6.07) is 0.0579. The lowest BCUT2D eigenvalue weighted by molar-refractivity contribution is -0.257. The van der Waals surface area contributed by atoms with Crippen molar-refractivity contribution in [1.29, 1.82) is 0 Å². The van der Waals surface area contributed by atoms with Gasteiger partial charge in [0.25, 0.3) is 0 Å². The molecular formula is C87H173N15O20. The van der Waals surface area contributed by atoms with E-state index in [-0.39, 0.29) is 79.8 Å². The van der Waals surface area contributed by atoms with Gasteiger partial charge in [-0.3, -0.25) is 19.2 Å². The zero-order chi connectivity index (χ0) is 97.6. The van der Waals surface area contributed by atoms with E-state index >= 15 is 0 Å². The lowest BCUT2D eigenvalue weighted by Crippen LogP contribution is -2.60. The number of hydrogen-bond acceptors (Lipinski definition) is 30. The first-order valence-corrected chi connectivity index (χ1v) is 42.7. The fourth-order valence-electron chi connectivity index (χ4n) is 19.0. The van der Waals surface area contributed by atoms with Crippen LogP contribution in [0.5, 0.6) is 0 Å². The summed E-state index contributed by atoms with van der Waals surface area (Å²) in [5.41, 5.74) is 14.0. The number of aliphatic hydroxyl groups is 1. The third kappa shape index (κ3) is 26.3. The van der Waals surface area contributed by atoms with E-state index in [9.17, 15) is 81.2 Å². The Morgan fingerprint density at radius 2 is 0.713 bits per heavy atom. The van der Waals surface area contributed by atoms with Crippen molar-refractivity contribution in [2.75, 3.05) is 6.61 Å². The smallest absolute Gasteiger partial charge is 0.333 e. The van der Waals surface area contributed by atoms with Crippen LogP contribution in [0.25, 0.3) is 0 Å². The Kier molecular flexibility index (Phi) is 36.5. The van der Waals surface area contributed by atoms with Gasteiger partial charge >= 0.3 is 17.9 Å².